The van der Waals surface area contributed by atoms with Crippen LogP contribution in [0.4, 0.5) is 5.95 Å². The maximum atomic E-state index is 12.1. The quantitative estimate of drug-likeness (QED) is 0.944. The molecule has 0 radical (unpaired) electrons. The van der Waals surface area contributed by atoms with E-state index in [9.17, 15) is 4.79 Å². The molecule has 1 aliphatic rings. The van der Waals surface area contributed by atoms with Gasteiger partial charge in [0, 0.05) is 31.1 Å². The molecular weight excluding hydrogens is 276 g/mol. The Morgan fingerprint density at radius 2 is 2.10 bits per heavy atom. The molecule has 1 amide bonds. The van der Waals surface area contributed by atoms with Gasteiger partial charge in [0.25, 0.3) is 0 Å². The first-order valence-electron chi connectivity index (χ1n) is 6.84. The average Bonchev–Trinajstić information content (AvgIpc) is 3.03. The van der Waals surface area contributed by atoms with Crippen molar-refractivity contribution in [3.8, 4) is 0 Å². The van der Waals surface area contributed by atoms with E-state index in [2.05, 4.69) is 4.98 Å². The lowest BCUT2D eigenvalue weighted by atomic mass is 10.3. The van der Waals surface area contributed by atoms with Gasteiger partial charge in [0.2, 0.25) is 11.9 Å². The van der Waals surface area contributed by atoms with E-state index in [-0.39, 0.29) is 5.91 Å². The second-order valence-electron chi connectivity index (χ2n) is 5.09. The van der Waals surface area contributed by atoms with Gasteiger partial charge in [0.15, 0.2) is 0 Å². The van der Waals surface area contributed by atoms with E-state index in [1.807, 2.05) is 21.6 Å². The van der Waals surface area contributed by atoms with Crippen molar-refractivity contribution >= 4 is 34.5 Å². The van der Waals surface area contributed by atoms with Gasteiger partial charge in [-0.2, -0.15) is 0 Å². The van der Waals surface area contributed by atoms with E-state index < -0.39 is 0 Å². The molecule has 0 atom stereocenters. The van der Waals surface area contributed by atoms with Crippen molar-refractivity contribution in [2.45, 2.75) is 25.8 Å². The predicted octanol–water partition coefficient (Wildman–Crippen LogP) is 2.28. The molecule has 1 aromatic heterocycles. The summed E-state index contributed by atoms with van der Waals surface area (Å²) in [6, 6.07) is 5.48. The number of fused-ring (bicyclic) bond motifs is 1. The van der Waals surface area contributed by atoms with Crippen molar-refractivity contribution in [1.82, 2.24) is 14.5 Å². The van der Waals surface area contributed by atoms with Crippen molar-refractivity contribution in [1.29, 1.82) is 0 Å². The van der Waals surface area contributed by atoms with Gasteiger partial charge in [-0.15, -0.1) is 0 Å². The third-order valence-corrected chi connectivity index (χ3v) is 3.98. The van der Waals surface area contributed by atoms with Crippen LogP contribution in [0.3, 0.4) is 0 Å². The maximum absolute atomic E-state index is 12.1. The zero-order chi connectivity index (χ0) is 14.1. The number of anilines is 1. The van der Waals surface area contributed by atoms with Crippen molar-refractivity contribution in [3.05, 3.63) is 23.2 Å². The Morgan fingerprint density at radius 3 is 2.85 bits per heavy atom. The average molecular weight is 293 g/mol. The van der Waals surface area contributed by atoms with Crippen molar-refractivity contribution in [2.75, 3.05) is 18.8 Å². The number of nitrogens with two attached hydrogens (primary N) is 1. The van der Waals surface area contributed by atoms with Crippen LogP contribution in [0.5, 0.6) is 0 Å². The molecule has 2 heterocycles. The summed E-state index contributed by atoms with van der Waals surface area (Å²) in [4.78, 5) is 18.3. The molecule has 106 valence electrons. The minimum absolute atomic E-state index is 0.192. The molecule has 2 N–H and O–H groups in total. The summed E-state index contributed by atoms with van der Waals surface area (Å²) in [5, 5.41) is 0.635. The third-order valence-electron chi connectivity index (χ3n) is 3.75. The lowest BCUT2D eigenvalue weighted by Gasteiger charge is -2.15. The van der Waals surface area contributed by atoms with Crippen LogP contribution in [0.2, 0.25) is 5.02 Å². The van der Waals surface area contributed by atoms with Gasteiger partial charge < -0.3 is 15.2 Å². The van der Waals surface area contributed by atoms with Crippen LogP contribution in [-0.2, 0) is 11.3 Å². The van der Waals surface area contributed by atoms with Crippen molar-refractivity contribution in [3.63, 3.8) is 0 Å². The lowest BCUT2D eigenvalue weighted by Crippen LogP contribution is -2.28. The number of aryl methyl sites for hydroxylation is 1. The number of amides is 1. The number of hydrogen-bond acceptors (Lipinski definition) is 3. The first-order chi connectivity index (χ1) is 9.65. The summed E-state index contributed by atoms with van der Waals surface area (Å²) in [5.41, 5.74) is 7.61. The second-order valence-corrected chi connectivity index (χ2v) is 5.53. The summed E-state index contributed by atoms with van der Waals surface area (Å²) < 4.78 is 1.87. The topological polar surface area (TPSA) is 64.1 Å². The number of rotatable bonds is 3. The maximum Gasteiger partial charge on any atom is 0.224 e. The van der Waals surface area contributed by atoms with Gasteiger partial charge in [-0.1, -0.05) is 11.6 Å². The number of likely N-dealkylation sites (tertiary alicyclic amines) is 1. The summed E-state index contributed by atoms with van der Waals surface area (Å²) in [6.07, 6.45) is 2.68. The summed E-state index contributed by atoms with van der Waals surface area (Å²) in [5.74, 6) is 0.620. The Kier molecular flexibility index (Phi) is 3.53. The van der Waals surface area contributed by atoms with E-state index in [4.69, 9.17) is 17.3 Å². The fourth-order valence-electron chi connectivity index (χ4n) is 2.69. The molecule has 0 bridgehead atoms. The van der Waals surface area contributed by atoms with Gasteiger partial charge in [-0.3, -0.25) is 4.79 Å². The SMILES string of the molecule is Nc1nc2cc(Cl)ccc2n1CCC(=O)N1CCCC1. The molecule has 0 unspecified atom stereocenters. The molecule has 0 saturated carbocycles. The molecule has 0 spiro atoms. The number of nitrogens with zero attached hydrogens (tertiary/aromatic N) is 3. The van der Waals surface area contributed by atoms with Crippen LogP contribution in [0.1, 0.15) is 19.3 Å². The van der Waals surface area contributed by atoms with Crippen LogP contribution < -0.4 is 5.73 Å². The number of benzene rings is 1. The molecular formula is C14H17ClN4O. The summed E-state index contributed by atoms with van der Waals surface area (Å²) in [7, 11) is 0. The lowest BCUT2D eigenvalue weighted by molar-refractivity contribution is -0.130. The van der Waals surface area contributed by atoms with E-state index in [1.165, 1.54) is 0 Å². The molecule has 3 rings (SSSR count). The Balaban J connectivity index is 1.77. The fourth-order valence-corrected chi connectivity index (χ4v) is 2.85. The number of carbonyl (C=O) groups excluding carboxylic acids is 1. The van der Waals surface area contributed by atoms with E-state index in [1.54, 1.807) is 6.07 Å². The van der Waals surface area contributed by atoms with Crippen LogP contribution >= 0.6 is 11.6 Å². The van der Waals surface area contributed by atoms with Crippen LogP contribution in [0, 0.1) is 0 Å². The van der Waals surface area contributed by atoms with E-state index in [0.29, 0.717) is 23.9 Å². The number of imidazole rings is 1. The normalized spacial score (nSPS) is 15.2. The molecule has 20 heavy (non-hydrogen) atoms. The van der Waals surface area contributed by atoms with E-state index in [0.717, 1.165) is 37.0 Å². The Morgan fingerprint density at radius 1 is 1.35 bits per heavy atom. The van der Waals surface area contributed by atoms with Crippen LogP contribution in [-0.4, -0.2) is 33.4 Å². The molecule has 5 nitrogen and oxygen atoms in total. The Labute approximate surface area is 122 Å². The van der Waals surface area contributed by atoms with Gasteiger partial charge >= 0.3 is 0 Å². The number of aromatic nitrogens is 2. The highest BCUT2D eigenvalue weighted by molar-refractivity contribution is 6.31. The van der Waals surface area contributed by atoms with Crippen molar-refractivity contribution in [2.24, 2.45) is 0 Å². The zero-order valence-corrected chi connectivity index (χ0v) is 11.9. The Hall–Kier alpha value is -1.75. The molecule has 6 heteroatoms. The Bertz CT molecular complexity index is 646. The van der Waals surface area contributed by atoms with E-state index >= 15 is 0 Å². The molecule has 1 saturated heterocycles. The third kappa shape index (κ3) is 2.45. The van der Waals surface area contributed by atoms with Gasteiger partial charge in [0.05, 0.1) is 11.0 Å². The highest BCUT2D eigenvalue weighted by atomic mass is 35.5. The number of nitrogen functional groups attached to an aromatic ring is 1. The number of halogens is 1. The predicted molar refractivity (Wildman–Crippen MR) is 79.6 cm³/mol. The van der Waals surface area contributed by atoms with Crippen LogP contribution in [0.25, 0.3) is 11.0 Å². The highest BCUT2D eigenvalue weighted by Crippen LogP contribution is 2.22. The monoisotopic (exact) mass is 292 g/mol. The minimum Gasteiger partial charge on any atom is -0.369 e. The molecule has 2 aromatic rings. The second kappa shape index (κ2) is 5.32. The molecule has 1 aliphatic heterocycles. The molecule has 1 aromatic carbocycles. The summed E-state index contributed by atoms with van der Waals surface area (Å²) in [6.45, 7) is 2.32. The fraction of sp³-hybridized carbons (Fsp3) is 0.429. The van der Waals surface area contributed by atoms with Gasteiger partial charge in [-0.25, -0.2) is 4.98 Å². The molecule has 0 aliphatic carbocycles. The largest absolute Gasteiger partial charge is 0.369 e. The van der Waals surface area contributed by atoms with Crippen LogP contribution in [0.15, 0.2) is 18.2 Å². The highest BCUT2D eigenvalue weighted by Gasteiger charge is 2.18. The first kappa shape index (κ1) is 13.2. The summed E-state index contributed by atoms with van der Waals surface area (Å²) >= 11 is 5.94. The zero-order valence-electron chi connectivity index (χ0n) is 11.2. The standard InChI is InChI=1S/C14H17ClN4O/c15-10-3-4-12-11(9-10)17-14(16)19(12)8-5-13(20)18-6-1-2-7-18/h3-4,9H,1-2,5-8H2,(H2,16,17). The first-order valence-corrected chi connectivity index (χ1v) is 7.22. The van der Waals surface area contributed by atoms with Crippen molar-refractivity contribution < 1.29 is 4.79 Å². The van der Waals surface area contributed by atoms with Gasteiger partial charge in [-0.05, 0) is 31.0 Å². The molecule has 1 fully saturated rings. The van der Waals surface area contributed by atoms with Gasteiger partial charge in [0.1, 0.15) is 0 Å². The number of carbonyl (C=O) groups is 1. The number of hydrogen-bond donors (Lipinski definition) is 1. The smallest absolute Gasteiger partial charge is 0.224 e. The minimum atomic E-state index is 0.192.